The molecule has 4 aromatic rings. The molecular formula is C48H52N8O6. The largest absolute Gasteiger partial charge is 0.488 e. The smallest absolute Gasteiger partial charge is 0.255 e. The molecule has 4 aliphatic heterocycles. The molecule has 6 aliphatic rings. The van der Waals surface area contributed by atoms with Crippen molar-refractivity contribution in [2.75, 3.05) is 55.6 Å². The molecule has 2 saturated carbocycles. The normalized spacial score (nSPS) is 27.3. The lowest BCUT2D eigenvalue weighted by atomic mass is 9.49. The Bertz CT molecular complexity index is 2600. The summed E-state index contributed by atoms with van der Waals surface area (Å²) in [5.74, 6) is 1.54. The molecule has 4 amide bonds. The van der Waals surface area contributed by atoms with Gasteiger partial charge < -0.3 is 29.7 Å². The fourth-order valence-electron chi connectivity index (χ4n) is 11.8. The molecule has 320 valence electrons. The summed E-state index contributed by atoms with van der Waals surface area (Å²) in [4.78, 5) is 75.9. The van der Waals surface area contributed by atoms with Crippen LogP contribution >= 0.6 is 0 Å². The first-order valence-electron chi connectivity index (χ1n) is 21.8. The molecule has 62 heavy (non-hydrogen) atoms. The summed E-state index contributed by atoms with van der Waals surface area (Å²) in [6.07, 6.45) is 1.84. The average molecular weight is 837 g/mol. The second-order valence-corrected chi connectivity index (χ2v) is 19.3. The quantitative estimate of drug-likeness (QED) is 0.207. The summed E-state index contributed by atoms with van der Waals surface area (Å²) in [6, 6.07) is 20.1. The van der Waals surface area contributed by atoms with Crippen LogP contribution in [0.3, 0.4) is 0 Å². The van der Waals surface area contributed by atoms with Gasteiger partial charge in [-0.2, -0.15) is 5.26 Å². The third-order valence-corrected chi connectivity index (χ3v) is 14.9. The lowest BCUT2D eigenvalue weighted by Gasteiger charge is -2.63. The zero-order valence-electron chi connectivity index (χ0n) is 35.6. The summed E-state index contributed by atoms with van der Waals surface area (Å²) < 4.78 is 6.57. The summed E-state index contributed by atoms with van der Waals surface area (Å²) in [5.41, 5.74) is 4.15. The maximum atomic E-state index is 13.7. The van der Waals surface area contributed by atoms with Gasteiger partial charge in [0.15, 0.2) is 5.43 Å². The van der Waals surface area contributed by atoms with E-state index in [0.717, 1.165) is 62.8 Å². The molecule has 0 spiro atoms. The van der Waals surface area contributed by atoms with E-state index >= 15 is 0 Å². The zero-order chi connectivity index (χ0) is 43.2. The Balaban J connectivity index is 0.693. The number of aromatic amines is 1. The molecule has 1 aromatic heterocycles. The number of imide groups is 1. The molecule has 10 rings (SSSR count). The third-order valence-electron chi connectivity index (χ3n) is 14.9. The van der Waals surface area contributed by atoms with Crippen molar-refractivity contribution in [2.24, 2.45) is 28.6 Å². The molecule has 0 bridgehead atoms. The van der Waals surface area contributed by atoms with Crippen LogP contribution in [0, 0.1) is 39.9 Å². The van der Waals surface area contributed by atoms with Gasteiger partial charge in [-0.1, -0.05) is 27.7 Å². The van der Waals surface area contributed by atoms with Crippen LogP contribution in [-0.4, -0.2) is 102 Å². The number of nitrogens with one attached hydrogen (secondary N) is 3. The highest BCUT2D eigenvalue weighted by atomic mass is 16.5. The second-order valence-electron chi connectivity index (χ2n) is 19.3. The number of carbonyl (C=O) groups is 4. The average Bonchev–Trinajstić information content (AvgIpc) is 3.52. The molecule has 14 heteroatoms. The number of piperazine rings is 1. The van der Waals surface area contributed by atoms with Crippen LogP contribution in [0.2, 0.25) is 0 Å². The number of hydrogen-bond acceptors (Lipinski definition) is 10. The molecule has 3 unspecified atom stereocenters. The van der Waals surface area contributed by atoms with Crippen LogP contribution in [0.4, 0.5) is 11.4 Å². The van der Waals surface area contributed by atoms with Gasteiger partial charge in [0.2, 0.25) is 11.8 Å². The van der Waals surface area contributed by atoms with E-state index in [1.165, 1.54) is 12.3 Å². The monoisotopic (exact) mass is 836 g/mol. The number of nitriles is 1. The van der Waals surface area contributed by atoms with E-state index in [9.17, 15) is 29.2 Å². The number of piperidine rings is 2. The van der Waals surface area contributed by atoms with Crippen molar-refractivity contribution in [3.8, 4) is 11.8 Å². The fraction of sp³-hybridized carbons (Fsp3) is 0.458. The molecule has 5 fully saturated rings. The number of fused-ring (bicyclic) bond motifs is 3. The van der Waals surface area contributed by atoms with Gasteiger partial charge in [-0.25, -0.2) is 0 Å². The van der Waals surface area contributed by atoms with Gasteiger partial charge in [0.1, 0.15) is 24.0 Å². The predicted octanol–water partition coefficient (Wildman–Crippen LogP) is 4.28. The summed E-state index contributed by atoms with van der Waals surface area (Å²) in [7, 11) is 0. The van der Waals surface area contributed by atoms with Gasteiger partial charge in [0.05, 0.1) is 16.5 Å². The van der Waals surface area contributed by atoms with Crippen LogP contribution in [-0.2, 0) is 16.1 Å². The second kappa shape index (κ2) is 14.7. The Morgan fingerprint density at radius 1 is 0.887 bits per heavy atom. The molecule has 3 saturated heterocycles. The lowest BCUT2D eigenvalue weighted by Crippen LogP contribution is -2.74. The standard InChI is InChI=1S/C48H52N8O6/c1-47(2)45(48(3,4)46(47)62-38-13-7-28(22-49)41-40(38)37(57)15-16-50-41)52-42(59)27-5-8-30(9-6-27)55-25-34-33(35(34)26-55)24-53-17-19-54(20-18-53)31-10-11-32-29(21-31)23-56(44(32)61)36-12-14-39(58)51-43(36)60/h5-11,13,15-16,21,33-36,45-46H,12,14,17-20,23-26H2,1-4H3,(H,50,57)(H,52,59)(H,51,58,60). The highest BCUT2D eigenvalue weighted by Crippen LogP contribution is 2.56. The predicted molar refractivity (Wildman–Crippen MR) is 233 cm³/mol. The van der Waals surface area contributed by atoms with Crippen molar-refractivity contribution in [1.82, 2.24) is 25.4 Å². The van der Waals surface area contributed by atoms with Crippen LogP contribution < -0.4 is 30.6 Å². The SMILES string of the molecule is CC1(C)C(NC(=O)c2ccc(N3CC4C(CN5CCN(c6ccc7c(c6)CN(C6CCC(=O)NC6=O)C7=O)CC5)C4C3)cc2)C(C)(C)C1Oc1ccc(C#N)c2[nH]ccc(=O)c12. The number of hydrogen-bond donors (Lipinski definition) is 3. The van der Waals surface area contributed by atoms with Gasteiger partial charge in [-0.05, 0) is 84.3 Å². The molecule has 2 aliphatic carbocycles. The Labute approximate surface area is 360 Å². The molecule has 0 radical (unpaired) electrons. The topological polar surface area (TPSA) is 171 Å². The maximum Gasteiger partial charge on any atom is 0.255 e. The first-order chi connectivity index (χ1) is 29.7. The number of benzene rings is 3. The highest BCUT2D eigenvalue weighted by molar-refractivity contribution is 6.05. The summed E-state index contributed by atoms with van der Waals surface area (Å²) in [5, 5.41) is 15.6. The molecular weight excluding hydrogens is 785 g/mol. The number of H-pyrrole nitrogens is 1. The molecule has 14 nitrogen and oxygen atoms in total. The van der Waals surface area contributed by atoms with Crippen LogP contribution in [0.25, 0.3) is 10.9 Å². The number of aromatic nitrogens is 1. The van der Waals surface area contributed by atoms with Crippen molar-refractivity contribution in [1.29, 1.82) is 5.26 Å². The van der Waals surface area contributed by atoms with Crippen LogP contribution in [0.5, 0.6) is 5.75 Å². The molecule has 5 heterocycles. The van der Waals surface area contributed by atoms with Crippen molar-refractivity contribution in [2.45, 2.75) is 65.3 Å². The van der Waals surface area contributed by atoms with Crippen molar-refractivity contribution >= 4 is 45.9 Å². The summed E-state index contributed by atoms with van der Waals surface area (Å²) >= 11 is 0. The Morgan fingerprint density at radius 2 is 1.60 bits per heavy atom. The third kappa shape index (κ3) is 6.60. The Morgan fingerprint density at radius 3 is 2.29 bits per heavy atom. The van der Waals surface area contributed by atoms with E-state index < -0.39 is 16.9 Å². The Kier molecular flexibility index (Phi) is 9.48. The van der Waals surface area contributed by atoms with Gasteiger partial charge in [0, 0.05) is 110 Å². The van der Waals surface area contributed by atoms with Gasteiger partial charge >= 0.3 is 0 Å². The van der Waals surface area contributed by atoms with Gasteiger partial charge in [-0.3, -0.25) is 34.2 Å². The van der Waals surface area contributed by atoms with E-state index in [-0.39, 0.29) is 47.6 Å². The molecule has 3 atom stereocenters. The van der Waals surface area contributed by atoms with E-state index in [1.807, 2.05) is 24.3 Å². The van der Waals surface area contributed by atoms with E-state index in [1.54, 1.807) is 17.0 Å². The lowest BCUT2D eigenvalue weighted by molar-refractivity contribution is -0.163. The van der Waals surface area contributed by atoms with E-state index in [4.69, 9.17) is 4.74 Å². The first kappa shape index (κ1) is 39.9. The number of amides is 4. The maximum absolute atomic E-state index is 13.7. The van der Waals surface area contributed by atoms with Crippen LogP contribution in [0.15, 0.2) is 71.7 Å². The number of rotatable bonds is 9. The zero-order valence-corrected chi connectivity index (χ0v) is 35.6. The minimum atomic E-state index is -0.607. The number of ether oxygens (including phenoxy) is 1. The van der Waals surface area contributed by atoms with Crippen molar-refractivity contribution in [3.63, 3.8) is 0 Å². The minimum absolute atomic E-state index is 0.131. The van der Waals surface area contributed by atoms with Crippen molar-refractivity contribution in [3.05, 3.63) is 99.3 Å². The van der Waals surface area contributed by atoms with Gasteiger partial charge in [-0.15, -0.1) is 0 Å². The fourth-order valence-corrected chi connectivity index (χ4v) is 11.8. The molecule has 3 N–H and O–H groups in total. The minimum Gasteiger partial charge on any atom is -0.488 e. The Hall–Kier alpha value is -6.20. The number of nitrogens with zero attached hydrogens (tertiary/aromatic N) is 5. The van der Waals surface area contributed by atoms with Crippen molar-refractivity contribution < 1.29 is 23.9 Å². The first-order valence-corrected chi connectivity index (χ1v) is 21.8. The number of carbonyl (C=O) groups excluding carboxylic acids is 4. The van der Waals surface area contributed by atoms with Gasteiger partial charge in [0.25, 0.3) is 11.8 Å². The highest BCUT2D eigenvalue weighted by Gasteiger charge is 2.64. The van der Waals surface area contributed by atoms with Crippen LogP contribution in [0.1, 0.15) is 72.4 Å². The summed E-state index contributed by atoms with van der Waals surface area (Å²) in [6.45, 7) is 15.6. The van der Waals surface area contributed by atoms with E-state index in [0.29, 0.717) is 64.1 Å². The number of anilines is 2. The van der Waals surface area contributed by atoms with E-state index in [2.05, 4.69) is 82.3 Å². The molecule has 3 aromatic carbocycles. The number of pyridine rings is 1.